The lowest BCUT2D eigenvalue weighted by Gasteiger charge is -2.00. The van der Waals surface area contributed by atoms with Gasteiger partial charge in [0.2, 0.25) is 0 Å². The topological polar surface area (TPSA) is 68.0 Å². The van der Waals surface area contributed by atoms with Crippen LogP contribution in [0.15, 0.2) is 28.9 Å². The van der Waals surface area contributed by atoms with Crippen LogP contribution in [0, 0.1) is 19.7 Å². The van der Waals surface area contributed by atoms with Crippen molar-refractivity contribution in [3.63, 3.8) is 0 Å². The van der Waals surface area contributed by atoms with Crippen LogP contribution in [0.2, 0.25) is 5.02 Å². The molecule has 0 bridgehead atoms. The summed E-state index contributed by atoms with van der Waals surface area (Å²) in [4.78, 5) is 20.5. The zero-order chi connectivity index (χ0) is 17.3. The number of carbonyl (C=O) groups excluding carboxylic acids is 1. The van der Waals surface area contributed by atoms with Crippen molar-refractivity contribution < 1.29 is 13.6 Å². The third-order valence-electron chi connectivity index (χ3n) is 3.20. The van der Waals surface area contributed by atoms with Gasteiger partial charge in [0.25, 0.3) is 5.91 Å². The molecule has 1 amide bonds. The minimum absolute atomic E-state index is 0.207. The average molecular weight is 366 g/mol. The fraction of sp³-hybridized carbons (Fsp3) is 0.188. The number of aromatic nitrogens is 2. The summed E-state index contributed by atoms with van der Waals surface area (Å²) in [6, 6.07) is 4.36. The standard InChI is InChI=1S/C16H13ClFN3O2S/c1-8-16(21-15(22)13-7-23-9(2)20-13)24-14(19-8)5-10-3-11(17)6-12(18)4-10/h3-4,6-7H,5H2,1-2H3,(H,21,22). The highest BCUT2D eigenvalue weighted by Crippen LogP contribution is 2.27. The van der Waals surface area contributed by atoms with Crippen molar-refractivity contribution in [1.82, 2.24) is 9.97 Å². The van der Waals surface area contributed by atoms with E-state index in [0.29, 0.717) is 28.0 Å². The molecule has 2 aromatic heterocycles. The molecule has 0 saturated carbocycles. The summed E-state index contributed by atoms with van der Waals surface area (Å²) < 4.78 is 18.4. The summed E-state index contributed by atoms with van der Waals surface area (Å²) in [6.45, 7) is 3.46. The van der Waals surface area contributed by atoms with Crippen LogP contribution in [-0.2, 0) is 6.42 Å². The molecule has 0 spiro atoms. The minimum Gasteiger partial charge on any atom is -0.448 e. The van der Waals surface area contributed by atoms with Gasteiger partial charge in [0.1, 0.15) is 17.1 Å². The van der Waals surface area contributed by atoms with E-state index in [4.69, 9.17) is 16.0 Å². The molecule has 5 nitrogen and oxygen atoms in total. The van der Waals surface area contributed by atoms with Crippen LogP contribution in [0.1, 0.15) is 32.6 Å². The van der Waals surface area contributed by atoms with E-state index in [1.807, 2.05) is 0 Å². The maximum Gasteiger partial charge on any atom is 0.278 e. The molecule has 3 aromatic rings. The highest BCUT2D eigenvalue weighted by molar-refractivity contribution is 7.16. The number of hydrogen-bond acceptors (Lipinski definition) is 5. The summed E-state index contributed by atoms with van der Waals surface area (Å²) in [7, 11) is 0. The molecule has 2 heterocycles. The van der Waals surface area contributed by atoms with Crippen LogP contribution in [0.4, 0.5) is 9.39 Å². The van der Waals surface area contributed by atoms with Gasteiger partial charge in [-0.3, -0.25) is 4.79 Å². The Bertz CT molecular complexity index is 886. The number of halogens is 2. The van der Waals surface area contributed by atoms with Gasteiger partial charge in [0, 0.05) is 18.4 Å². The maximum absolute atomic E-state index is 13.4. The molecule has 0 aliphatic heterocycles. The van der Waals surface area contributed by atoms with Crippen LogP contribution in [0.5, 0.6) is 0 Å². The zero-order valence-electron chi connectivity index (χ0n) is 12.9. The molecule has 0 unspecified atom stereocenters. The van der Waals surface area contributed by atoms with Gasteiger partial charge < -0.3 is 9.73 Å². The first-order valence-electron chi connectivity index (χ1n) is 7.05. The van der Waals surface area contributed by atoms with Crippen LogP contribution in [-0.4, -0.2) is 15.9 Å². The number of rotatable bonds is 4. The Morgan fingerprint density at radius 2 is 2.12 bits per heavy atom. The number of oxazole rings is 1. The molecule has 0 fully saturated rings. The van der Waals surface area contributed by atoms with E-state index in [0.717, 1.165) is 10.6 Å². The summed E-state index contributed by atoms with van der Waals surface area (Å²) in [6.07, 6.45) is 1.73. The molecule has 1 aromatic carbocycles. The van der Waals surface area contributed by atoms with E-state index >= 15 is 0 Å². The predicted molar refractivity (Wildman–Crippen MR) is 90.3 cm³/mol. The van der Waals surface area contributed by atoms with Crippen LogP contribution >= 0.6 is 22.9 Å². The summed E-state index contributed by atoms with van der Waals surface area (Å²) in [5.74, 6) is -0.329. The van der Waals surface area contributed by atoms with Crippen molar-refractivity contribution in [3.05, 3.63) is 63.2 Å². The van der Waals surface area contributed by atoms with Crippen LogP contribution < -0.4 is 5.32 Å². The summed E-state index contributed by atoms with van der Waals surface area (Å²) in [5.41, 5.74) is 1.61. The lowest BCUT2D eigenvalue weighted by atomic mass is 10.1. The average Bonchev–Trinajstić information content (AvgIpc) is 3.04. The number of hydrogen-bond donors (Lipinski definition) is 1. The number of nitrogens with one attached hydrogen (secondary N) is 1. The van der Waals surface area contributed by atoms with E-state index in [2.05, 4.69) is 15.3 Å². The summed E-state index contributed by atoms with van der Waals surface area (Å²) in [5, 5.41) is 4.48. The van der Waals surface area contributed by atoms with Crippen molar-refractivity contribution in [2.75, 3.05) is 5.32 Å². The maximum atomic E-state index is 13.4. The van der Waals surface area contributed by atoms with Crippen molar-refractivity contribution in [1.29, 1.82) is 0 Å². The van der Waals surface area contributed by atoms with Gasteiger partial charge in [-0.2, -0.15) is 0 Å². The Kier molecular flexibility index (Phi) is 4.64. The summed E-state index contributed by atoms with van der Waals surface area (Å²) >= 11 is 7.19. The second-order valence-corrected chi connectivity index (χ2v) is 6.70. The first kappa shape index (κ1) is 16.6. The van der Waals surface area contributed by atoms with Crippen LogP contribution in [0.25, 0.3) is 0 Å². The normalized spacial score (nSPS) is 10.8. The second kappa shape index (κ2) is 6.70. The van der Waals surface area contributed by atoms with Gasteiger partial charge in [-0.25, -0.2) is 14.4 Å². The molecule has 0 atom stereocenters. The molecule has 124 valence electrons. The highest BCUT2D eigenvalue weighted by Gasteiger charge is 2.15. The smallest absolute Gasteiger partial charge is 0.278 e. The van der Waals surface area contributed by atoms with Gasteiger partial charge in [0.15, 0.2) is 11.6 Å². The SMILES string of the molecule is Cc1nc(C(=O)Nc2sc(Cc3cc(F)cc(Cl)c3)nc2C)co1. The van der Waals surface area contributed by atoms with E-state index in [-0.39, 0.29) is 17.4 Å². The predicted octanol–water partition coefficient (Wildman–Crippen LogP) is 4.38. The molecule has 0 aliphatic carbocycles. The van der Waals surface area contributed by atoms with Crippen molar-refractivity contribution in [2.45, 2.75) is 20.3 Å². The molecule has 24 heavy (non-hydrogen) atoms. The quantitative estimate of drug-likeness (QED) is 0.744. The zero-order valence-corrected chi connectivity index (χ0v) is 14.5. The molecular weight excluding hydrogens is 353 g/mol. The lowest BCUT2D eigenvalue weighted by Crippen LogP contribution is -2.12. The molecule has 1 N–H and O–H groups in total. The molecule has 3 rings (SSSR count). The number of anilines is 1. The second-order valence-electron chi connectivity index (χ2n) is 5.18. The molecule has 0 aliphatic rings. The Labute approximate surface area is 146 Å². The van der Waals surface area contributed by atoms with E-state index in [1.54, 1.807) is 19.9 Å². The van der Waals surface area contributed by atoms with Gasteiger partial charge in [-0.1, -0.05) is 11.6 Å². The Balaban J connectivity index is 1.76. The number of thiazole rings is 1. The van der Waals surface area contributed by atoms with Crippen molar-refractivity contribution in [2.24, 2.45) is 0 Å². The first-order chi connectivity index (χ1) is 11.4. The Morgan fingerprint density at radius 3 is 2.79 bits per heavy atom. The van der Waals surface area contributed by atoms with Gasteiger partial charge in [-0.15, -0.1) is 11.3 Å². The van der Waals surface area contributed by atoms with E-state index < -0.39 is 0 Å². The van der Waals surface area contributed by atoms with E-state index in [1.165, 1.54) is 29.7 Å². The van der Waals surface area contributed by atoms with Gasteiger partial charge >= 0.3 is 0 Å². The number of aryl methyl sites for hydroxylation is 2. The van der Waals surface area contributed by atoms with Gasteiger partial charge in [0.05, 0.1) is 10.7 Å². The number of nitrogens with zero attached hydrogens (tertiary/aromatic N) is 2. The lowest BCUT2D eigenvalue weighted by molar-refractivity contribution is 0.102. The monoisotopic (exact) mass is 365 g/mol. The Hall–Kier alpha value is -2.25. The third kappa shape index (κ3) is 3.80. The number of amides is 1. The fourth-order valence-electron chi connectivity index (χ4n) is 2.17. The fourth-order valence-corrected chi connectivity index (χ4v) is 3.40. The molecule has 0 radical (unpaired) electrons. The Morgan fingerprint density at radius 1 is 1.33 bits per heavy atom. The van der Waals surface area contributed by atoms with Crippen LogP contribution in [0.3, 0.4) is 0 Å². The molecule has 8 heteroatoms. The minimum atomic E-state index is -0.388. The van der Waals surface area contributed by atoms with E-state index in [9.17, 15) is 9.18 Å². The van der Waals surface area contributed by atoms with Gasteiger partial charge in [-0.05, 0) is 30.7 Å². The number of benzene rings is 1. The largest absolute Gasteiger partial charge is 0.448 e. The molecular formula is C16H13ClFN3O2S. The third-order valence-corrected chi connectivity index (χ3v) is 4.49. The van der Waals surface area contributed by atoms with Crippen molar-refractivity contribution in [3.8, 4) is 0 Å². The number of carbonyl (C=O) groups is 1. The van der Waals surface area contributed by atoms with Crippen molar-refractivity contribution >= 4 is 33.8 Å². The first-order valence-corrected chi connectivity index (χ1v) is 8.25. The highest BCUT2D eigenvalue weighted by atomic mass is 35.5. The molecule has 0 saturated heterocycles.